The maximum atomic E-state index is 11.6. The zero-order valence-corrected chi connectivity index (χ0v) is 15.9. The van der Waals surface area contributed by atoms with Crippen molar-refractivity contribution < 1.29 is 22.8 Å². The van der Waals surface area contributed by atoms with Crippen molar-refractivity contribution in [2.45, 2.75) is 4.90 Å². The highest BCUT2D eigenvalue weighted by Gasteiger charge is 2.31. The molecule has 0 spiro atoms. The lowest BCUT2D eigenvalue weighted by Gasteiger charge is -2.26. The van der Waals surface area contributed by atoms with Gasteiger partial charge in [0, 0.05) is 12.1 Å². The van der Waals surface area contributed by atoms with Crippen LogP contribution in [0.25, 0.3) is 0 Å². The molecule has 0 atom stereocenters. The molecule has 0 aliphatic carbocycles. The summed E-state index contributed by atoms with van der Waals surface area (Å²) in [5.41, 5.74) is 1.33. The van der Waals surface area contributed by atoms with Crippen LogP contribution >= 0.6 is 0 Å². The molecule has 0 bridgehead atoms. The molecule has 0 fully saturated rings. The van der Waals surface area contributed by atoms with E-state index in [9.17, 15) is 33.2 Å². The molecule has 154 valence electrons. The lowest BCUT2D eigenvalue weighted by molar-refractivity contribution is -0.392. The lowest BCUT2D eigenvalue weighted by Crippen LogP contribution is -2.25. The number of anilines is 3. The van der Waals surface area contributed by atoms with Gasteiger partial charge in [-0.25, -0.2) is 0 Å². The Morgan fingerprint density at radius 1 is 0.800 bits per heavy atom. The van der Waals surface area contributed by atoms with Crippen molar-refractivity contribution in [3.05, 3.63) is 93.0 Å². The summed E-state index contributed by atoms with van der Waals surface area (Å²) >= 11 is 0. The number of para-hydroxylation sites is 2. The molecular formula is C18H14N4O7S. The second kappa shape index (κ2) is 8.14. The Bertz CT molecular complexity index is 1130. The van der Waals surface area contributed by atoms with Crippen molar-refractivity contribution in [1.82, 2.24) is 0 Å². The van der Waals surface area contributed by atoms with Crippen LogP contribution in [0.5, 0.6) is 0 Å². The first-order valence-corrected chi connectivity index (χ1v) is 9.73. The SMILES string of the molecule is O=[N+]([O-])c1cc(S(=O)(=O)O)cc([N+](=O)[O-])c1NN(c1ccccc1)c1ccccc1. The number of nitro benzene ring substituents is 2. The third kappa shape index (κ3) is 4.34. The molecule has 0 unspecified atom stereocenters. The lowest BCUT2D eigenvalue weighted by atomic mass is 10.2. The van der Waals surface area contributed by atoms with Crippen molar-refractivity contribution in [3.8, 4) is 0 Å². The van der Waals surface area contributed by atoms with Crippen molar-refractivity contribution in [1.29, 1.82) is 0 Å². The quantitative estimate of drug-likeness (QED) is 0.322. The van der Waals surface area contributed by atoms with E-state index in [2.05, 4.69) is 5.43 Å². The van der Waals surface area contributed by atoms with E-state index in [1.54, 1.807) is 60.7 Å². The van der Waals surface area contributed by atoms with Crippen LogP contribution in [0.1, 0.15) is 0 Å². The number of nitro groups is 2. The summed E-state index contributed by atoms with van der Waals surface area (Å²) in [7, 11) is -4.91. The van der Waals surface area contributed by atoms with Gasteiger partial charge in [-0.15, -0.1) is 0 Å². The number of nitrogens with one attached hydrogen (secondary N) is 1. The van der Waals surface area contributed by atoms with Crippen LogP contribution in [-0.4, -0.2) is 22.8 Å². The largest absolute Gasteiger partial charge is 0.302 e. The molecule has 0 amide bonds. The van der Waals surface area contributed by atoms with Crippen LogP contribution in [-0.2, 0) is 10.1 Å². The molecule has 12 heteroatoms. The van der Waals surface area contributed by atoms with Gasteiger partial charge in [-0.1, -0.05) is 36.4 Å². The predicted molar refractivity (Wildman–Crippen MR) is 108 cm³/mol. The van der Waals surface area contributed by atoms with E-state index in [1.165, 1.54) is 5.01 Å². The summed E-state index contributed by atoms with van der Waals surface area (Å²) in [6, 6.07) is 18.1. The number of rotatable bonds is 7. The second-order valence-electron chi connectivity index (χ2n) is 5.94. The fourth-order valence-electron chi connectivity index (χ4n) is 2.68. The Balaban J connectivity index is 2.24. The molecule has 0 radical (unpaired) electrons. The fraction of sp³-hybridized carbons (Fsp3) is 0. The third-order valence-electron chi connectivity index (χ3n) is 4.01. The zero-order chi connectivity index (χ0) is 21.9. The average molecular weight is 430 g/mol. The highest BCUT2D eigenvalue weighted by molar-refractivity contribution is 7.85. The van der Waals surface area contributed by atoms with Gasteiger partial charge in [0.15, 0.2) is 0 Å². The van der Waals surface area contributed by atoms with Crippen LogP contribution in [0.4, 0.5) is 28.4 Å². The Morgan fingerprint density at radius 2 is 1.20 bits per heavy atom. The van der Waals surface area contributed by atoms with Crippen molar-refractivity contribution in [2.75, 3.05) is 10.4 Å². The van der Waals surface area contributed by atoms with E-state index in [0.717, 1.165) is 0 Å². The minimum Gasteiger partial charge on any atom is -0.282 e. The predicted octanol–water partition coefficient (Wildman–Crippen LogP) is 3.91. The summed E-state index contributed by atoms with van der Waals surface area (Å²) in [5, 5.41) is 24.5. The van der Waals surface area contributed by atoms with E-state index in [0.29, 0.717) is 23.5 Å². The van der Waals surface area contributed by atoms with E-state index in [1.807, 2.05) is 0 Å². The maximum absolute atomic E-state index is 11.6. The molecule has 0 aromatic heterocycles. The van der Waals surface area contributed by atoms with Crippen molar-refractivity contribution in [3.63, 3.8) is 0 Å². The molecule has 3 rings (SSSR count). The topological polar surface area (TPSA) is 156 Å². The summed E-state index contributed by atoms with van der Waals surface area (Å²) in [6.07, 6.45) is 0. The van der Waals surface area contributed by atoms with Gasteiger partial charge < -0.3 is 0 Å². The van der Waals surface area contributed by atoms with Gasteiger partial charge in [-0.3, -0.25) is 35.2 Å². The molecule has 2 N–H and O–H groups in total. The van der Waals surface area contributed by atoms with E-state index >= 15 is 0 Å². The summed E-state index contributed by atoms with van der Waals surface area (Å²) in [4.78, 5) is 20.2. The van der Waals surface area contributed by atoms with Gasteiger partial charge >= 0.3 is 11.4 Å². The van der Waals surface area contributed by atoms with E-state index in [4.69, 9.17) is 0 Å². The Labute approximate surface area is 170 Å². The number of hydrazine groups is 1. The minimum absolute atomic E-state index is 0.506. The molecule has 0 aliphatic rings. The number of nitrogens with zero attached hydrogens (tertiary/aromatic N) is 3. The molecule has 30 heavy (non-hydrogen) atoms. The van der Waals surface area contributed by atoms with Crippen molar-refractivity contribution >= 4 is 38.6 Å². The van der Waals surface area contributed by atoms with E-state index in [-0.39, 0.29) is 0 Å². The van der Waals surface area contributed by atoms with Gasteiger partial charge in [0.1, 0.15) is 4.90 Å². The molecule has 0 saturated heterocycles. The third-order valence-corrected chi connectivity index (χ3v) is 4.85. The van der Waals surface area contributed by atoms with Gasteiger partial charge in [-0.2, -0.15) is 8.42 Å². The Hall–Kier alpha value is -4.03. The van der Waals surface area contributed by atoms with Crippen LogP contribution in [0.2, 0.25) is 0 Å². The number of hydrogen-bond donors (Lipinski definition) is 2. The van der Waals surface area contributed by atoms with Gasteiger partial charge in [-0.05, 0) is 24.3 Å². The number of benzene rings is 3. The van der Waals surface area contributed by atoms with Crippen LogP contribution in [0.3, 0.4) is 0 Å². The highest BCUT2D eigenvalue weighted by atomic mass is 32.2. The molecule has 0 heterocycles. The summed E-state index contributed by atoms with van der Waals surface area (Å²) in [6.45, 7) is 0. The first-order chi connectivity index (χ1) is 14.2. The maximum Gasteiger partial charge on any atom is 0.302 e. The molecule has 11 nitrogen and oxygen atoms in total. The molecule has 0 saturated carbocycles. The van der Waals surface area contributed by atoms with Gasteiger partial charge in [0.25, 0.3) is 10.1 Å². The smallest absolute Gasteiger partial charge is 0.282 e. The van der Waals surface area contributed by atoms with Gasteiger partial charge in [0.2, 0.25) is 5.69 Å². The molecule has 3 aromatic rings. The Kier molecular flexibility index (Phi) is 5.62. The summed E-state index contributed by atoms with van der Waals surface area (Å²) < 4.78 is 32.1. The highest BCUT2D eigenvalue weighted by Crippen LogP contribution is 2.39. The monoisotopic (exact) mass is 430 g/mol. The van der Waals surface area contributed by atoms with Crippen LogP contribution < -0.4 is 10.4 Å². The first kappa shape index (κ1) is 20.7. The second-order valence-corrected chi connectivity index (χ2v) is 7.37. The number of hydrogen-bond acceptors (Lipinski definition) is 8. The molecular weight excluding hydrogens is 416 g/mol. The first-order valence-electron chi connectivity index (χ1n) is 8.29. The Morgan fingerprint density at radius 3 is 1.53 bits per heavy atom. The van der Waals surface area contributed by atoms with Gasteiger partial charge in [0.05, 0.1) is 21.2 Å². The zero-order valence-electron chi connectivity index (χ0n) is 15.1. The molecule has 3 aromatic carbocycles. The normalized spacial score (nSPS) is 11.0. The van der Waals surface area contributed by atoms with E-state index < -0.39 is 41.9 Å². The summed E-state index contributed by atoms with van der Waals surface area (Å²) in [5.74, 6) is 0. The fourth-order valence-corrected chi connectivity index (χ4v) is 3.20. The molecule has 0 aliphatic heterocycles. The van der Waals surface area contributed by atoms with Crippen LogP contribution in [0.15, 0.2) is 77.7 Å². The average Bonchev–Trinajstić information content (AvgIpc) is 2.71. The minimum atomic E-state index is -4.91. The standard InChI is InChI=1S/C18H14N4O7S/c23-21(24)16-11-15(30(27,28)29)12-17(22(25)26)18(16)19-20(13-7-3-1-4-8-13)14-9-5-2-6-10-14/h1-12,19H,(H,27,28,29). The van der Waals surface area contributed by atoms with Crippen LogP contribution in [0, 0.1) is 20.2 Å². The van der Waals surface area contributed by atoms with Crippen molar-refractivity contribution in [2.24, 2.45) is 0 Å².